The van der Waals surface area contributed by atoms with E-state index < -0.39 is 39.5 Å². The number of carbonyl (C=O) groups excluding carboxylic acids is 1. The number of benzene rings is 1. The van der Waals surface area contributed by atoms with Crippen molar-refractivity contribution in [1.29, 1.82) is 0 Å². The van der Waals surface area contributed by atoms with Crippen molar-refractivity contribution in [2.75, 3.05) is 18.0 Å². The Bertz CT molecular complexity index is 844. The Labute approximate surface area is 159 Å². The number of likely N-dealkylation sites (tertiary alicyclic amines) is 1. The van der Waals surface area contributed by atoms with E-state index in [0.29, 0.717) is 5.69 Å². The summed E-state index contributed by atoms with van der Waals surface area (Å²) < 4.78 is 30.5. The van der Waals surface area contributed by atoms with Crippen molar-refractivity contribution < 1.29 is 27.9 Å². The van der Waals surface area contributed by atoms with Gasteiger partial charge in [0, 0.05) is 12.2 Å². The molecule has 1 aromatic carbocycles. The molecule has 0 saturated carbocycles. The lowest BCUT2D eigenvalue weighted by Crippen LogP contribution is -2.38. The van der Waals surface area contributed by atoms with E-state index in [9.17, 15) is 23.1 Å². The van der Waals surface area contributed by atoms with Gasteiger partial charge in [0.15, 0.2) is 9.84 Å². The van der Waals surface area contributed by atoms with Crippen LogP contribution in [0.4, 0.5) is 10.5 Å². The Morgan fingerprint density at radius 3 is 2.48 bits per heavy atom. The summed E-state index contributed by atoms with van der Waals surface area (Å²) in [6.45, 7) is 6.77. The number of sulfone groups is 1. The highest BCUT2D eigenvalue weighted by Crippen LogP contribution is 2.41. The first-order valence-corrected chi connectivity index (χ1v) is 10.4. The number of carboxylic acid groups (broad SMARTS) is 1. The Balaban J connectivity index is 2.61. The fraction of sp³-hybridized carbons (Fsp3) is 0.556. The van der Waals surface area contributed by atoms with Crippen LogP contribution in [-0.2, 0) is 19.4 Å². The average Bonchev–Trinajstić information content (AvgIpc) is 2.98. The first-order valence-electron chi connectivity index (χ1n) is 8.72. The number of hydrogen-bond acceptors (Lipinski definition) is 6. The van der Waals surface area contributed by atoms with Gasteiger partial charge >= 0.3 is 12.1 Å². The lowest BCUT2D eigenvalue weighted by atomic mass is 9.93. The van der Waals surface area contributed by atoms with Crippen molar-refractivity contribution in [1.82, 2.24) is 4.90 Å². The standard InChI is InChI=1S/C18H26N2O6S/c1-5-27(24,25)14-7-6-11(19)10-13(14)15-12(16(21)22)8-9-20(15)17(23)26-18(2,3)4/h6-7,10,12,15H,5,8-9,19H2,1-4H3,(H,21,22)/t12-,15-/m1/s1. The number of carbonyl (C=O) groups is 2. The summed E-state index contributed by atoms with van der Waals surface area (Å²) in [5, 5.41) is 9.64. The van der Waals surface area contributed by atoms with Gasteiger partial charge in [0.05, 0.1) is 22.6 Å². The van der Waals surface area contributed by atoms with Crippen LogP contribution in [0.1, 0.15) is 45.7 Å². The minimum Gasteiger partial charge on any atom is -0.481 e. The molecule has 1 aromatic rings. The molecule has 1 fully saturated rings. The molecule has 0 aromatic heterocycles. The smallest absolute Gasteiger partial charge is 0.410 e. The Hall–Kier alpha value is -2.29. The van der Waals surface area contributed by atoms with Gasteiger partial charge in [-0.3, -0.25) is 4.79 Å². The molecule has 8 nitrogen and oxygen atoms in total. The first-order chi connectivity index (χ1) is 12.4. The number of ether oxygens (including phenoxy) is 1. The predicted molar refractivity (Wildman–Crippen MR) is 100 cm³/mol. The van der Waals surface area contributed by atoms with Gasteiger partial charge in [-0.15, -0.1) is 0 Å². The molecule has 2 rings (SSSR count). The normalized spacial score (nSPS) is 20.5. The lowest BCUT2D eigenvalue weighted by molar-refractivity contribution is -0.142. The number of hydrogen-bond donors (Lipinski definition) is 2. The third kappa shape index (κ3) is 4.52. The number of carboxylic acids is 1. The quantitative estimate of drug-likeness (QED) is 0.746. The van der Waals surface area contributed by atoms with Gasteiger partial charge in [-0.2, -0.15) is 0 Å². The second kappa shape index (κ2) is 7.38. The summed E-state index contributed by atoms with van der Waals surface area (Å²) in [5.74, 6) is -2.21. The van der Waals surface area contributed by atoms with Crippen LogP contribution in [0.5, 0.6) is 0 Å². The van der Waals surface area contributed by atoms with E-state index in [1.807, 2.05) is 0 Å². The van der Waals surface area contributed by atoms with Gasteiger partial charge in [0.1, 0.15) is 5.60 Å². The number of anilines is 1. The summed E-state index contributed by atoms with van der Waals surface area (Å²) in [4.78, 5) is 25.7. The molecule has 27 heavy (non-hydrogen) atoms. The molecule has 1 saturated heterocycles. The molecule has 0 aliphatic carbocycles. The highest BCUT2D eigenvalue weighted by Gasteiger charge is 2.45. The van der Waals surface area contributed by atoms with Gasteiger partial charge in [-0.1, -0.05) is 6.92 Å². The van der Waals surface area contributed by atoms with Crippen molar-refractivity contribution in [3.05, 3.63) is 23.8 Å². The minimum atomic E-state index is -3.64. The molecule has 1 amide bonds. The molecule has 1 heterocycles. The van der Waals surface area contributed by atoms with Crippen LogP contribution in [0, 0.1) is 5.92 Å². The third-order valence-corrected chi connectivity index (χ3v) is 6.21. The van der Waals surface area contributed by atoms with Crippen molar-refractivity contribution in [3.8, 4) is 0 Å². The van der Waals surface area contributed by atoms with E-state index in [2.05, 4.69) is 0 Å². The summed E-state index contributed by atoms with van der Waals surface area (Å²) in [6.07, 6.45) is -0.488. The van der Waals surface area contributed by atoms with Crippen molar-refractivity contribution in [2.45, 2.75) is 50.7 Å². The van der Waals surface area contributed by atoms with Crippen LogP contribution in [0.3, 0.4) is 0 Å². The van der Waals surface area contributed by atoms with Crippen LogP contribution in [0.15, 0.2) is 23.1 Å². The molecule has 3 N–H and O–H groups in total. The van der Waals surface area contributed by atoms with Crippen LogP contribution < -0.4 is 5.73 Å². The summed E-state index contributed by atoms with van der Waals surface area (Å²) in [7, 11) is -3.64. The molecular formula is C18H26N2O6S. The molecular weight excluding hydrogens is 372 g/mol. The second-order valence-electron chi connectivity index (χ2n) is 7.55. The van der Waals surface area contributed by atoms with Crippen molar-refractivity contribution >= 4 is 27.6 Å². The van der Waals surface area contributed by atoms with Crippen LogP contribution >= 0.6 is 0 Å². The van der Waals surface area contributed by atoms with E-state index >= 15 is 0 Å². The third-order valence-electron chi connectivity index (χ3n) is 4.41. The largest absolute Gasteiger partial charge is 0.481 e. The molecule has 0 bridgehead atoms. The maximum Gasteiger partial charge on any atom is 0.410 e. The van der Waals surface area contributed by atoms with Gasteiger partial charge in [-0.25, -0.2) is 13.2 Å². The molecule has 0 unspecified atom stereocenters. The van der Waals surface area contributed by atoms with Crippen LogP contribution in [0.2, 0.25) is 0 Å². The number of aliphatic carboxylic acids is 1. The molecule has 0 spiro atoms. The summed E-state index contributed by atoms with van der Waals surface area (Å²) >= 11 is 0. The highest BCUT2D eigenvalue weighted by molar-refractivity contribution is 7.91. The second-order valence-corrected chi connectivity index (χ2v) is 9.80. The summed E-state index contributed by atoms with van der Waals surface area (Å²) in [5.41, 5.74) is 5.59. The van der Waals surface area contributed by atoms with Gasteiger partial charge < -0.3 is 20.5 Å². The number of amides is 1. The lowest BCUT2D eigenvalue weighted by Gasteiger charge is -2.31. The zero-order valence-electron chi connectivity index (χ0n) is 15.9. The topological polar surface area (TPSA) is 127 Å². The Morgan fingerprint density at radius 2 is 1.96 bits per heavy atom. The van der Waals surface area contributed by atoms with E-state index in [-0.39, 0.29) is 29.2 Å². The summed E-state index contributed by atoms with van der Waals surface area (Å²) in [6, 6.07) is 3.28. The van der Waals surface area contributed by atoms with Gasteiger partial charge in [0.2, 0.25) is 0 Å². The Kier molecular flexibility index (Phi) is 5.74. The monoisotopic (exact) mass is 398 g/mol. The molecule has 150 valence electrons. The van der Waals surface area contributed by atoms with E-state index in [1.165, 1.54) is 30.0 Å². The average molecular weight is 398 g/mol. The SMILES string of the molecule is CCS(=O)(=O)c1ccc(N)cc1[C@H]1[C@H](C(=O)O)CCN1C(=O)OC(C)(C)C. The number of nitrogen functional groups attached to an aromatic ring is 1. The van der Waals surface area contributed by atoms with Crippen molar-refractivity contribution in [3.63, 3.8) is 0 Å². The minimum absolute atomic E-state index is 0.00842. The van der Waals surface area contributed by atoms with E-state index in [4.69, 9.17) is 10.5 Å². The van der Waals surface area contributed by atoms with Gasteiger partial charge in [-0.05, 0) is 51.0 Å². The molecule has 2 atom stereocenters. The molecule has 1 aliphatic heterocycles. The van der Waals surface area contributed by atoms with Crippen LogP contribution in [0.25, 0.3) is 0 Å². The maximum atomic E-state index is 12.7. The zero-order valence-corrected chi connectivity index (χ0v) is 16.7. The maximum absolute atomic E-state index is 12.7. The first kappa shape index (κ1) is 21.0. The number of nitrogens with two attached hydrogens (primary N) is 1. The molecule has 9 heteroatoms. The van der Waals surface area contributed by atoms with Crippen molar-refractivity contribution in [2.24, 2.45) is 5.92 Å². The molecule has 1 aliphatic rings. The van der Waals surface area contributed by atoms with E-state index in [1.54, 1.807) is 20.8 Å². The van der Waals surface area contributed by atoms with Crippen LogP contribution in [-0.4, -0.2) is 48.4 Å². The zero-order chi connectivity index (χ0) is 20.6. The number of nitrogens with zero attached hydrogens (tertiary/aromatic N) is 1. The predicted octanol–water partition coefficient (Wildman–Crippen LogP) is 2.45. The fourth-order valence-corrected chi connectivity index (χ4v) is 4.32. The highest BCUT2D eigenvalue weighted by atomic mass is 32.2. The van der Waals surface area contributed by atoms with Gasteiger partial charge in [0.25, 0.3) is 0 Å². The fourth-order valence-electron chi connectivity index (χ4n) is 3.20. The molecule has 0 radical (unpaired) electrons. The Morgan fingerprint density at radius 1 is 1.33 bits per heavy atom. The van der Waals surface area contributed by atoms with E-state index in [0.717, 1.165) is 0 Å². The number of rotatable bonds is 4.